The van der Waals surface area contributed by atoms with E-state index in [9.17, 15) is 0 Å². The van der Waals surface area contributed by atoms with Crippen molar-refractivity contribution in [1.29, 1.82) is 5.41 Å². The second-order valence-corrected chi connectivity index (χ2v) is 2.19. The molecule has 0 aromatic rings. The molecule has 0 unspecified atom stereocenters. The van der Waals surface area contributed by atoms with E-state index in [1.807, 2.05) is 13.8 Å². The van der Waals surface area contributed by atoms with E-state index in [1.165, 1.54) is 6.20 Å². The van der Waals surface area contributed by atoms with Crippen molar-refractivity contribution in [2.24, 2.45) is 11.7 Å². The molecule has 3 N–H and O–H groups in total. The molecular weight excluding hydrogens is 124 g/mol. The fourth-order valence-corrected chi connectivity index (χ4v) is 0.354. The van der Waals surface area contributed by atoms with Crippen LogP contribution in [0.5, 0.6) is 0 Å². The third-order valence-corrected chi connectivity index (χ3v) is 0.840. The van der Waals surface area contributed by atoms with Crippen molar-refractivity contribution in [1.82, 2.24) is 0 Å². The molecule has 0 aliphatic heterocycles. The van der Waals surface area contributed by atoms with Crippen LogP contribution in [0.2, 0.25) is 0 Å². The summed E-state index contributed by atoms with van der Waals surface area (Å²) < 4.78 is 0. The van der Waals surface area contributed by atoms with Crippen LogP contribution in [0.4, 0.5) is 0 Å². The van der Waals surface area contributed by atoms with Crippen molar-refractivity contribution < 1.29 is 0 Å². The molecule has 0 atom stereocenters. The average molecular weight is 136 g/mol. The van der Waals surface area contributed by atoms with Gasteiger partial charge in [-0.2, -0.15) is 0 Å². The fourth-order valence-electron chi connectivity index (χ4n) is 0.354. The summed E-state index contributed by atoms with van der Waals surface area (Å²) in [6, 6.07) is 0. The van der Waals surface area contributed by atoms with E-state index < -0.39 is 0 Å². The molecule has 2 heteroatoms. The first-order chi connectivity index (χ1) is 4.70. The van der Waals surface area contributed by atoms with Gasteiger partial charge in [-0.05, 0) is 0 Å². The number of nitrogens with one attached hydrogen (secondary N) is 1. The minimum atomic E-state index is 0.329. The number of rotatable bonds is 1. The summed E-state index contributed by atoms with van der Waals surface area (Å²) in [5.41, 5.74) is 5.72. The summed E-state index contributed by atoms with van der Waals surface area (Å²) in [5, 5.41) is 6.83. The van der Waals surface area contributed by atoms with Crippen LogP contribution in [0.15, 0.2) is 11.8 Å². The SMILES string of the molecule is CC(C)C#C/C(C=N)=C/N. The van der Waals surface area contributed by atoms with Gasteiger partial charge >= 0.3 is 0 Å². The van der Waals surface area contributed by atoms with Crippen LogP contribution in [0.3, 0.4) is 0 Å². The first-order valence-corrected chi connectivity index (χ1v) is 3.14. The largest absolute Gasteiger partial charge is 0.404 e. The van der Waals surface area contributed by atoms with Gasteiger partial charge in [0, 0.05) is 18.3 Å². The van der Waals surface area contributed by atoms with E-state index in [0.29, 0.717) is 11.5 Å². The van der Waals surface area contributed by atoms with Crippen molar-refractivity contribution in [2.45, 2.75) is 13.8 Å². The van der Waals surface area contributed by atoms with Gasteiger partial charge in [0.1, 0.15) is 0 Å². The molecule has 0 saturated heterocycles. The number of nitrogens with two attached hydrogens (primary N) is 1. The van der Waals surface area contributed by atoms with Gasteiger partial charge in [0.15, 0.2) is 0 Å². The topological polar surface area (TPSA) is 49.9 Å². The van der Waals surface area contributed by atoms with Gasteiger partial charge in [0.2, 0.25) is 0 Å². The van der Waals surface area contributed by atoms with Gasteiger partial charge in [0.05, 0.1) is 5.57 Å². The Hall–Kier alpha value is -1.23. The summed E-state index contributed by atoms with van der Waals surface area (Å²) in [6.45, 7) is 3.98. The maximum atomic E-state index is 6.83. The minimum absolute atomic E-state index is 0.329. The summed E-state index contributed by atoms with van der Waals surface area (Å²) >= 11 is 0. The van der Waals surface area contributed by atoms with Gasteiger partial charge in [-0.1, -0.05) is 25.7 Å². The Labute approximate surface area is 61.6 Å². The third-order valence-electron chi connectivity index (χ3n) is 0.840. The predicted octanol–water partition coefficient (Wildman–Crippen LogP) is 1.14. The lowest BCUT2D eigenvalue weighted by molar-refractivity contribution is 0.867. The molecular formula is C8H12N2. The van der Waals surface area contributed by atoms with Crippen LogP contribution in [-0.4, -0.2) is 6.21 Å². The van der Waals surface area contributed by atoms with E-state index in [4.69, 9.17) is 11.1 Å². The van der Waals surface area contributed by atoms with E-state index in [0.717, 1.165) is 6.21 Å². The Balaban J connectivity index is 4.14. The molecule has 0 aromatic heterocycles. The highest BCUT2D eigenvalue weighted by atomic mass is 14.5. The van der Waals surface area contributed by atoms with Gasteiger partial charge in [-0.25, -0.2) is 0 Å². The van der Waals surface area contributed by atoms with Crippen LogP contribution in [0.25, 0.3) is 0 Å². The second-order valence-electron chi connectivity index (χ2n) is 2.19. The van der Waals surface area contributed by atoms with Crippen LogP contribution >= 0.6 is 0 Å². The number of hydrogen-bond acceptors (Lipinski definition) is 2. The van der Waals surface area contributed by atoms with Crippen LogP contribution in [-0.2, 0) is 0 Å². The molecule has 54 valence electrons. The highest BCUT2D eigenvalue weighted by Crippen LogP contribution is 1.88. The van der Waals surface area contributed by atoms with Gasteiger partial charge in [-0.15, -0.1) is 0 Å². The van der Waals surface area contributed by atoms with E-state index in [2.05, 4.69) is 11.8 Å². The van der Waals surface area contributed by atoms with Crippen LogP contribution < -0.4 is 5.73 Å². The molecule has 0 aromatic carbocycles. The molecule has 0 amide bonds. The molecule has 0 saturated carbocycles. The van der Waals surface area contributed by atoms with Gasteiger partial charge in [0.25, 0.3) is 0 Å². The summed E-state index contributed by atoms with van der Waals surface area (Å²) in [7, 11) is 0. The summed E-state index contributed by atoms with van der Waals surface area (Å²) in [5.74, 6) is 5.99. The lowest BCUT2D eigenvalue weighted by atomic mass is 10.2. The smallest absolute Gasteiger partial charge is 0.0575 e. The monoisotopic (exact) mass is 136 g/mol. The standard InChI is InChI=1S/C8H12N2/c1-7(2)3-4-8(5-9)6-10/h5-7,9H,10H2,1-2H3/b8-6-,9-5?. The molecule has 0 rings (SSSR count). The maximum Gasteiger partial charge on any atom is 0.0575 e. The second kappa shape index (κ2) is 4.63. The first-order valence-electron chi connectivity index (χ1n) is 3.14. The van der Waals surface area contributed by atoms with Gasteiger partial charge in [-0.3, -0.25) is 0 Å². The summed E-state index contributed by atoms with van der Waals surface area (Å²) in [4.78, 5) is 0. The van der Waals surface area contributed by atoms with E-state index in [-0.39, 0.29) is 0 Å². The lowest BCUT2D eigenvalue weighted by Gasteiger charge is -1.87. The molecule has 2 nitrogen and oxygen atoms in total. The van der Waals surface area contributed by atoms with Gasteiger partial charge < -0.3 is 11.1 Å². The van der Waals surface area contributed by atoms with Crippen molar-refractivity contribution in [2.75, 3.05) is 0 Å². The molecule has 0 aliphatic rings. The molecule has 0 radical (unpaired) electrons. The van der Waals surface area contributed by atoms with Crippen molar-refractivity contribution in [3.05, 3.63) is 11.8 Å². The zero-order chi connectivity index (χ0) is 7.98. The summed E-state index contributed by atoms with van der Waals surface area (Å²) in [6.07, 6.45) is 2.48. The lowest BCUT2D eigenvalue weighted by Crippen LogP contribution is -1.87. The predicted molar refractivity (Wildman–Crippen MR) is 43.7 cm³/mol. The van der Waals surface area contributed by atoms with Crippen molar-refractivity contribution in [3.8, 4) is 11.8 Å². The zero-order valence-corrected chi connectivity index (χ0v) is 6.31. The molecule has 0 bridgehead atoms. The van der Waals surface area contributed by atoms with E-state index >= 15 is 0 Å². The highest BCUT2D eigenvalue weighted by Gasteiger charge is 1.83. The minimum Gasteiger partial charge on any atom is -0.404 e. The average Bonchev–Trinajstić information content (AvgIpc) is 1.90. The highest BCUT2D eigenvalue weighted by molar-refractivity contribution is 5.81. The zero-order valence-electron chi connectivity index (χ0n) is 6.31. The Kier molecular flexibility index (Phi) is 4.06. The van der Waals surface area contributed by atoms with Crippen LogP contribution in [0, 0.1) is 23.2 Å². The number of allylic oxidation sites excluding steroid dienone is 1. The van der Waals surface area contributed by atoms with E-state index in [1.54, 1.807) is 0 Å². The Morgan fingerprint density at radius 2 is 2.20 bits per heavy atom. The molecule has 10 heavy (non-hydrogen) atoms. The van der Waals surface area contributed by atoms with Crippen molar-refractivity contribution >= 4 is 6.21 Å². The normalized spacial score (nSPS) is 10.5. The Morgan fingerprint density at radius 3 is 2.50 bits per heavy atom. The first kappa shape index (κ1) is 8.77. The maximum absolute atomic E-state index is 6.83. The van der Waals surface area contributed by atoms with Crippen molar-refractivity contribution in [3.63, 3.8) is 0 Å². The molecule has 0 spiro atoms. The quantitative estimate of drug-likeness (QED) is 0.412. The molecule has 0 aliphatic carbocycles. The van der Waals surface area contributed by atoms with Crippen LogP contribution in [0.1, 0.15) is 13.8 Å². The molecule has 0 fully saturated rings. The fraction of sp³-hybridized carbons (Fsp3) is 0.375. The third kappa shape index (κ3) is 3.73. The Morgan fingerprint density at radius 1 is 1.60 bits per heavy atom. The number of hydrogen-bond donors (Lipinski definition) is 2. The molecule has 0 heterocycles. The Bertz CT molecular complexity index is 191.